The lowest BCUT2D eigenvalue weighted by Crippen LogP contribution is -2.18. The summed E-state index contributed by atoms with van der Waals surface area (Å²) < 4.78 is 43.3. The van der Waals surface area contributed by atoms with Crippen LogP contribution in [0.3, 0.4) is 0 Å². The van der Waals surface area contributed by atoms with Gasteiger partial charge in [-0.25, -0.2) is 19.2 Å². The van der Waals surface area contributed by atoms with E-state index in [9.17, 15) is 14.2 Å². The molecule has 0 heterocycles. The predicted octanol–water partition coefficient (Wildman–Crippen LogP) is 5.59. The third kappa shape index (κ3) is 19.3. The molecule has 0 aliphatic heterocycles. The van der Waals surface area contributed by atoms with E-state index in [0.29, 0.717) is 32.6 Å². The molecule has 0 aromatic heterocycles. The van der Waals surface area contributed by atoms with Crippen molar-refractivity contribution in [1.29, 1.82) is 0 Å². The molecule has 0 amide bonds. The summed E-state index contributed by atoms with van der Waals surface area (Å²) in [4.78, 5) is 22.8. The fourth-order valence-electron chi connectivity index (χ4n) is 2.27. The highest BCUT2D eigenvalue weighted by molar-refractivity contribution is 7.51. The predicted molar refractivity (Wildman–Crippen MR) is 121 cm³/mol. The van der Waals surface area contributed by atoms with Crippen molar-refractivity contribution in [3.05, 3.63) is 0 Å². The maximum Gasteiger partial charge on any atom is 0.508 e. The maximum atomic E-state index is 12.8. The molecule has 0 saturated heterocycles. The van der Waals surface area contributed by atoms with Gasteiger partial charge in [0.1, 0.15) is 0 Å². The van der Waals surface area contributed by atoms with Crippen molar-refractivity contribution in [2.75, 3.05) is 46.2 Å². The van der Waals surface area contributed by atoms with Crippen LogP contribution < -0.4 is 5.09 Å². The number of rotatable bonds is 21. The van der Waals surface area contributed by atoms with Crippen LogP contribution in [-0.2, 0) is 32.6 Å². The minimum absolute atomic E-state index is 0.0810. The molecule has 1 N–H and O–H groups in total. The number of hydrogen-bond donors (Lipinski definition) is 1. The van der Waals surface area contributed by atoms with Crippen molar-refractivity contribution in [2.24, 2.45) is 0 Å². The molecule has 190 valence electrons. The van der Waals surface area contributed by atoms with E-state index in [1.165, 1.54) is 0 Å². The summed E-state index contributed by atoms with van der Waals surface area (Å²) in [6, 6.07) is 0. The minimum Gasteiger partial charge on any atom is -0.434 e. The smallest absolute Gasteiger partial charge is 0.434 e. The van der Waals surface area contributed by atoms with Gasteiger partial charge in [-0.1, -0.05) is 46.5 Å². The summed E-state index contributed by atoms with van der Waals surface area (Å²) in [5.41, 5.74) is 0. The lowest BCUT2D eigenvalue weighted by atomic mass is 10.3. The highest BCUT2D eigenvalue weighted by Gasteiger charge is 2.23. The molecule has 0 radical (unpaired) electrons. The number of nitrogens with one attached hydrogen (secondary N) is 1. The van der Waals surface area contributed by atoms with Gasteiger partial charge in [-0.3, -0.25) is 9.05 Å². The van der Waals surface area contributed by atoms with Gasteiger partial charge >= 0.3 is 20.1 Å². The highest BCUT2D eigenvalue weighted by Crippen LogP contribution is 2.43. The van der Waals surface area contributed by atoms with Crippen LogP contribution in [-0.4, -0.2) is 58.5 Å². The van der Waals surface area contributed by atoms with E-state index in [1.54, 1.807) is 0 Å². The second-order valence-electron chi connectivity index (χ2n) is 7.09. The molecule has 10 nitrogen and oxygen atoms in total. The second kappa shape index (κ2) is 21.5. The SMILES string of the molecule is CCCCCOC(=O)OCCCOP(=O)(NCCC)OCCCOC(=O)OCCCCC. The van der Waals surface area contributed by atoms with Gasteiger partial charge in [-0.05, 0) is 19.3 Å². The Labute approximate surface area is 192 Å². The van der Waals surface area contributed by atoms with Gasteiger partial charge in [0, 0.05) is 19.4 Å². The summed E-state index contributed by atoms with van der Waals surface area (Å²) in [6.07, 6.45) is 5.71. The van der Waals surface area contributed by atoms with E-state index in [0.717, 1.165) is 44.9 Å². The summed E-state index contributed by atoms with van der Waals surface area (Å²) in [6.45, 7) is 7.54. The van der Waals surface area contributed by atoms with Gasteiger partial charge in [0.25, 0.3) is 0 Å². The van der Waals surface area contributed by atoms with Crippen LogP contribution in [0.4, 0.5) is 9.59 Å². The average molecular weight is 484 g/mol. The molecule has 32 heavy (non-hydrogen) atoms. The molecule has 0 aliphatic carbocycles. The average Bonchev–Trinajstić information content (AvgIpc) is 2.78. The van der Waals surface area contributed by atoms with E-state index < -0.39 is 20.1 Å². The Morgan fingerprint density at radius 1 is 0.594 bits per heavy atom. The van der Waals surface area contributed by atoms with Crippen LogP contribution in [0.2, 0.25) is 0 Å². The molecule has 0 unspecified atom stereocenters. The number of unbranched alkanes of at least 4 members (excludes halogenated alkanes) is 4. The van der Waals surface area contributed by atoms with Crippen molar-refractivity contribution >= 4 is 20.1 Å². The summed E-state index contributed by atoms with van der Waals surface area (Å²) >= 11 is 0. The van der Waals surface area contributed by atoms with Crippen LogP contribution in [0.15, 0.2) is 0 Å². The number of carbonyl (C=O) groups excluding carboxylic acids is 2. The van der Waals surface area contributed by atoms with Crippen LogP contribution in [0.1, 0.15) is 78.6 Å². The largest absolute Gasteiger partial charge is 0.508 e. The van der Waals surface area contributed by atoms with E-state index >= 15 is 0 Å². The van der Waals surface area contributed by atoms with Crippen molar-refractivity contribution in [1.82, 2.24) is 5.09 Å². The molecule has 0 aromatic rings. The number of hydrogen-bond acceptors (Lipinski definition) is 9. The molecule has 0 saturated carbocycles. The molecule has 11 heteroatoms. The van der Waals surface area contributed by atoms with Crippen LogP contribution in [0, 0.1) is 0 Å². The Morgan fingerprint density at radius 3 is 1.38 bits per heavy atom. The summed E-state index contributed by atoms with van der Waals surface area (Å²) in [7, 11) is -3.51. The number of ether oxygens (including phenoxy) is 4. The zero-order valence-electron chi connectivity index (χ0n) is 19.9. The van der Waals surface area contributed by atoms with Gasteiger partial charge in [0.05, 0.1) is 39.6 Å². The van der Waals surface area contributed by atoms with Gasteiger partial charge in [0.15, 0.2) is 0 Å². The third-order valence-electron chi connectivity index (χ3n) is 4.03. The standard InChI is InChI=1S/C21H42NO9P/c1-4-7-9-14-26-20(23)28-16-11-18-30-32(25,22-13-6-3)31-19-12-17-29-21(24)27-15-10-8-5-2/h4-19H2,1-3H3,(H,22,25). The van der Waals surface area contributed by atoms with E-state index in [-0.39, 0.29) is 26.4 Å². The highest BCUT2D eigenvalue weighted by atomic mass is 31.2. The Morgan fingerprint density at radius 2 is 1.00 bits per heavy atom. The lowest BCUT2D eigenvalue weighted by molar-refractivity contribution is 0.0494. The van der Waals surface area contributed by atoms with Crippen molar-refractivity contribution in [3.8, 4) is 0 Å². The monoisotopic (exact) mass is 483 g/mol. The van der Waals surface area contributed by atoms with Crippen molar-refractivity contribution in [2.45, 2.75) is 78.6 Å². The molecule has 0 aliphatic rings. The Bertz CT molecular complexity index is 481. The van der Waals surface area contributed by atoms with Crippen molar-refractivity contribution < 1.29 is 42.1 Å². The zero-order valence-corrected chi connectivity index (χ0v) is 20.8. The topological polar surface area (TPSA) is 119 Å². The molecule has 0 spiro atoms. The van der Waals surface area contributed by atoms with Crippen LogP contribution in [0.5, 0.6) is 0 Å². The van der Waals surface area contributed by atoms with Gasteiger partial charge < -0.3 is 18.9 Å². The number of carbonyl (C=O) groups is 2. The first-order chi connectivity index (χ1) is 15.5. The minimum atomic E-state index is -3.51. The molecule has 0 atom stereocenters. The van der Waals surface area contributed by atoms with Gasteiger partial charge in [-0.15, -0.1) is 0 Å². The Balaban J connectivity index is 3.98. The first kappa shape index (κ1) is 30.6. The van der Waals surface area contributed by atoms with Gasteiger partial charge in [0.2, 0.25) is 0 Å². The molecular formula is C21H42NO9P. The third-order valence-corrected chi connectivity index (χ3v) is 5.69. The fourth-order valence-corrected chi connectivity index (χ4v) is 3.77. The first-order valence-electron chi connectivity index (χ1n) is 11.7. The fraction of sp³-hybridized carbons (Fsp3) is 0.905. The Hall–Kier alpha value is -1.35. The quantitative estimate of drug-likeness (QED) is 0.126. The normalized spacial score (nSPS) is 11.2. The lowest BCUT2D eigenvalue weighted by Gasteiger charge is -2.19. The molecule has 0 fully saturated rings. The second-order valence-corrected chi connectivity index (χ2v) is 8.91. The zero-order chi connectivity index (χ0) is 23.9. The molecular weight excluding hydrogens is 441 g/mol. The molecule has 0 bridgehead atoms. The molecule has 0 aromatic carbocycles. The maximum absolute atomic E-state index is 12.8. The van der Waals surface area contributed by atoms with Gasteiger partial charge in [-0.2, -0.15) is 0 Å². The first-order valence-corrected chi connectivity index (χ1v) is 13.2. The van der Waals surface area contributed by atoms with Crippen LogP contribution in [0.25, 0.3) is 0 Å². The van der Waals surface area contributed by atoms with Crippen LogP contribution >= 0.6 is 7.75 Å². The van der Waals surface area contributed by atoms with E-state index in [2.05, 4.69) is 18.9 Å². The summed E-state index contributed by atoms with van der Waals surface area (Å²) in [5.74, 6) is 0. The molecule has 0 rings (SSSR count). The Kier molecular flexibility index (Phi) is 20.6. The van der Waals surface area contributed by atoms with E-state index in [4.69, 9.17) is 28.0 Å². The summed E-state index contributed by atoms with van der Waals surface area (Å²) in [5, 5.41) is 2.77. The van der Waals surface area contributed by atoms with Crippen molar-refractivity contribution in [3.63, 3.8) is 0 Å². The van der Waals surface area contributed by atoms with E-state index in [1.807, 2.05) is 6.92 Å².